The van der Waals surface area contributed by atoms with Crippen LogP contribution in [0.25, 0.3) is 5.69 Å². The van der Waals surface area contributed by atoms with Gasteiger partial charge in [0.2, 0.25) is 0 Å². The summed E-state index contributed by atoms with van der Waals surface area (Å²) >= 11 is 5.85. The standard InChI is InChI=1S/C28H24ClN5O6/c1-17-24(27(37)34(33(17)2)21-7-5-4-6-8-21)31-25(35)26(36)32-30-16-18-9-14-22(23(15-18)39-3)40-28(38)19-10-12-20(29)13-11-19/h4-16H,1-3H3,(H,31,35)(H,32,36). The third-order valence-corrected chi connectivity index (χ3v) is 6.10. The summed E-state index contributed by atoms with van der Waals surface area (Å²) in [5, 5.41) is 6.64. The van der Waals surface area contributed by atoms with Crippen LogP contribution < -0.4 is 25.8 Å². The van der Waals surface area contributed by atoms with Crippen LogP contribution in [-0.4, -0.2) is 40.5 Å². The molecule has 0 saturated heterocycles. The Balaban J connectivity index is 1.40. The maximum absolute atomic E-state index is 12.9. The molecule has 0 bridgehead atoms. The highest BCUT2D eigenvalue weighted by molar-refractivity contribution is 6.39. The zero-order chi connectivity index (χ0) is 28.8. The number of carbonyl (C=O) groups is 3. The van der Waals surface area contributed by atoms with Gasteiger partial charge in [-0.15, -0.1) is 0 Å². The predicted octanol–water partition coefficient (Wildman–Crippen LogP) is 3.45. The summed E-state index contributed by atoms with van der Waals surface area (Å²) in [5.74, 6) is -2.33. The second kappa shape index (κ2) is 12.1. The number of halogens is 1. The Hall–Kier alpha value is -5.16. The highest BCUT2D eigenvalue weighted by Gasteiger charge is 2.21. The summed E-state index contributed by atoms with van der Waals surface area (Å²) < 4.78 is 13.7. The van der Waals surface area contributed by atoms with E-state index in [1.807, 2.05) is 6.07 Å². The minimum atomic E-state index is -1.08. The van der Waals surface area contributed by atoms with Crippen LogP contribution in [-0.2, 0) is 16.6 Å². The minimum absolute atomic E-state index is 0.0241. The topological polar surface area (TPSA) is 133 Å². The van der Waals surface area contributed by atoms with Gasteiger partial charge in [0.15, 0.2) is 11.5 Å². The Labute approximate surface area is 233 Å². The number of benzene rings is 3. The molecule has 0 spiro atoms. The van der Waals surface area contributed by atoms with Crippen LogP contribution in [0.3, 0.4) is 0 Å². The fraction of sp³-hybridized carbons (Fsp3) is 0.107. The van der Waals surface area contributed by atoms with Crippen molar-refractivity contribution in [1.29, 1.82) is 0 Å². The first kappa shape index (κ1) is 27.9. The summed E-state index contributed by atoms with van der Waals surface area (Å²) in [6, 6.07) is 19.7. The molecule has 0 radical (unpaired) electrons. The summed E-state index contributed by atoms with van der Waals surface area (Å²) in [4.78, 5) is 50.1. The number of ether oxygens (including phenoxy) is 2. The molecule has 1 aromatic heterocycles. The quantitative estimate of drug-likeness (QED) is 0.117. The van der Waals surface area contributed by atoms with Gasteiger partial charge in [-0.2, -0.15) is 5.10 Å². The van der Waals surface area contributed by atoms with Gasteiger partial charge in [-0.3, -0.25) is 19.1 Å². The van der Waals surface area contributed by atoms with Gasteiger partial charge in [0, 0.05) is 12.1 Å². The van der Waals surface area contributed by atoms with Gasteiger partial charge >= 0.3 is 17.8 Å². The summed E-state index contributed by atoms with van der Waals surface area (Å²) in [6.45, 7) is 1.65. The van der Waals surface area contributed by atoms with Crippen LogP contribution >= 0.6 is 11.6 Å². The van der Waals surface area contributed by atoms with Crippen molar-refractivity contribution < 1.29 is 23.9 Å². The highest BCUT2D eigenvalue weighted by atomic mass is 35.5. The molecule has 0 fully saturated rings. The van der Waals surface area contributed by atoms with Gasteiger partial charge in [-0.05, 0) is 67.1 Å². The number of aromatic nitrogens is 2. The number of amides is 2. The second-order valence-electron chi connectivity index (χ2n) is 8.40. The molecule has 0 unspecified atom stereocenters. The molecular formula is C28H24ClN5O6. The third kappa shape index (κ3) is 6.11. The zero-order valence-electron chi connectivity index (χ0n) is 21.7. The average Bonchev–Trinajstić information content (AvgIpc) is 3.17. The Morgan fingerprint density at radius 3 is 2.33 bits per heavy atom. The van der Waals surface area contributed by atoms with Gasteiger partial charge in [-0.25, -0.2) is 14.9 Å². The molecule has 12 heteroatoms. The van der Waals surface area contributed by atoms with Gasteiger partial charge < -0.3 is 14.8 Å². The Bertz CT molecular complexity index is 1660. The Morgan fingerprint density at radius 1 is 0.950 bits per heavy atom. The van der Waals surface area contributed by atoms with E-state index in [0.29, 0.717) is 27.5 Å². The van der Waals surface area contributed by atoms with Crippen molar-refractivity contribution in [3.05, 3.63) is 105 Å². The van der Waals surface area contributed by atoms with E-state index in [-0.39, 0.29) is 17.2 Å². The molecule has 0 saturated carbocycles. The molecule has 40 heavy (non-hydrogen) atoms. The summed E-state index contributed by atoms with van der Waals surface area (Å²) in [5.41, 5.74) is 3.46. The minimum Gasteiger partial charge on any atom is -0.493 e. The van der Waals surface area contributed by atoms with Crippen molar-refractivity contribution in [3.8, 4) is 17.2 Å². The monoisotopic (exact) mass is 561 g/mol. The fourth-order valence-corrected chi connectivity index (χ4v) is 3.82. The molecule has 1 heterocycles. The maximum Gasteiger partial charge on any atom is 0.343 e. The van der Waals surface area contributed by atoms with Crippen LogP contribution in [0.1, 0.15) is 21.6 Å². The smallest absolute Gasteiger partial charge is 0.343 e. The lowest BCUT2D eigenvalue weighted by atomic mass is 10.2. The van der Waals surface area contributed by atoms with Crippen molar-refractivity contribution in [3.63, 3.8) is 0 Å². The molecule has 0 aliphatic carbocycles. The highest BCUT2D eigenvalue weighted by Crippen LogP contribution is 2.28. The number of hydrogen-bond donors (Lipinski definition) is 2. The molecule has 4 aromatic rings. The van der Waals surface area contributed by atoms with E-state index in [1.54, 1.807) is 61.1 Å². The van der Waals surface area contributed by atoms with E-state index < -0.39 is 23.3 Å². The second-order valence-corrected chi connectivity index (χ2v) is 8.83. The number of carbonyl (C=O) groups excluding carboxylic acids is 3. The van der Waals surface area contributed by atoms with E-state index in [4.69, 9.17) is 21.1 Å². The Kier molecular flexibility index (Phi) is 8.45. The van der Waals surface area contributed by atoms with Gasteiger partial charge in [0.05, 0.1) is 30.3 Å². The van der Waals surface area contributed by atoms with E-state index in [9.17, 15) is 19.2 Å². The normalized spacial score (nSPS) is 10.8. The number of methoxy groups -OCH3 is 1. The molecule has 0 aliphatic heterocycles. The van der Waals surface area contributed by atoms with Crippen molar-refractivity contribution in [2.24, 2.45) is 12.1 Å². The first-order valence-electron chi connectivity index (χ1n) is 11.8. The van der Waals surface area contributed by atoms with Crippen LogP contribution in [0.15, 0.2) is 82.7 Å². The number of hydrazone groups is 1. The third-order valence-electron chi connectivity index (χ3n) is 5.85. The van der Waals surface area contributed by atoms with Crippen LogP contribution in [0.4, 0.5) is 5.69 Å². The molecule has 2 amide bonds. The first-order chi connectivity index (χ1) is 19.2. The molecule has 204 valence electrons. The van der Waals surface area contributed by atoms with Gasteiger partial charge in [0.25, 0.3) is 5.56 Å². The van der Waals surface area contributed by atoms with Crippen molar-refractivity contribution in [1.82, 2.24) is 14.8 Å². The maximum atomic E-state index is 12.9. The predicted molar refractivity (Wildman–Crippen MR) is 150 cm³/mol. The van der Waals surface area contributed by atoms with E-state index in [0.717, 1.165) is 0 Å². The fourth-order valence-electron chi connectivity index (χ4n) is 3.69. The molecule has 2 N–H and O–H groups in total. The lowest BCUT2D eigenvalue weighted by Gasteiger charge is -2.10. The zero-order valence-corrected chi connectivity index (χ0v) is 22.4. The van der Waals surface area contributed by atoms with Gasteiger partial charge in [-0.1, -0.05) is 29.8 Å². The first-order valence-corrected chi connectivity index (χ1v) is 12.2. The molecule has 0 atom stereocenters. The van der Waals surface area contributed by atoms with E-state index >= 15 is 0 Å². The van der Waals surface area contributed by atoms with Crippen LogP contribution in [0, 0.1) is 6.92 Å². The van der Waals surface area contributed by atoms with E-state index in [1.165, 1.54) is 42.3 Å². The number of para-hydroxylation sites is 1. The van der Waals surface area contributed by atoms with Crippen LogP contribution in [0.2, 0.25) is 5.02 Å². The summed E-state index contributed by atoms with van der Waals surface area (Å²) in [6.07, 6.45) is 1.27. The number of esters is 1. The number of hydrogen-bond acceptors (Lipinski definition) is 7. The Morgan fingerprint density at radius 2 is 1.65 bits per heavy atom. The summed E-state index contributed by atoms with van der Waals surface area (Å²) in [7, 11) is 3.07. The molecule has 11 nitrogen and oxygen atoms in total. The van der Waals surface area contributed by atoms with Crippen molar-refractivity contribution >= 4 is 41.3 Å². The van der Waals surface area contributed by atoms with Gasteiger partial charge in [0.1, 0.15) is 5.69 Å². The largest absolute Gasteiger partial charge is 0.493 e. The number of anilines is 1. The van der Waals surface area contributed by atoms with Crippen molar-refractivity contribution in [2.45, 2.75) is 6.92 Å². The lowest BCUT2D eigenvalue weighted by molar-refractivity contribution is -0.136. The molecular weight excluding hydrogens is 538 g/mol. The SMILES string of the molecule is COc1cc(C=NNC(=O)C(=O)Nc2c(C)n(C)n(-c3ccccc3)c2=O)ccc1OC(=O)c1ccc(Cl)cc1. The number of nitrogens with zero attached hydrogens (tertiary/aromatic N) is 3. The molecule has 4 rings (SSSR count). The van der Waals surface area contributed by atoms with Crippen LogP contribution in [0.5, 0.6) is 11.5 Å². The average molecular weight is 562 g/mol. The van der Waals surface area contributed by atoms with E-state index in [2.05, 4.69) is 15.8 Å². The number of rotatable bonds is 7. The lowest BCUT2D eigenvalue weighted by Crippen LogP contribution is -2.34. The molecule has 3 aromatic carbocycles. The molecule has 0 aliphatic rings. The van der Waals surface area contributed by atoms with Crippen molar-refractivity contribution in [2.75, 3.05) is 12.4 Å². The number of nitrogens with one attached hydrogen (secondary N) is 2.